The molecule has 0 atom stereocenters. The van der Waals surface area contributed by atoms with E-state index < -0.39 is 11.7 Å². The molecule has 0 saturated carbocycles. The number of hydrogen-bond donors (Lipinski definition) is 1. The number of thiophene rings is 1. The lowest BCUT2D eigenvalue weighted by atomic mass is 10.2. The summed E-state index contributed by atoms with van der Waals surface area (Å²) in [5.74, 6) is 0. The van der Waals surface area contributed by atoms with Crippen LogP contribution in [-0.4, -0.2) is 40.5 Å². The van der Waals surface area contributed by atoms with E-state index in [0.717, 1.165) is 55.4 Å². The van der Waals surface area contributed by atoms with Crippen molar-refractivity contribution in [2.24, 2.45) is 0 Å². The first-order valence-corrected chi connectivity index (χ1v) is 9.94. The molecule has 9 heteroatoms. The Balaban J connectivity index is 1.86. The number of pyridine rings is 1. The average molecular weight is 415 g/mol. The molecule has 1 fully saturated rings. The van der Waals surface area contributed by atoms with Crippen molar-refractivity contribution in [2.45, 2.75) is 19.1 Å². The van der Waals surface area contributed by atoms with Gasteiger partial charge in [-0.2, -0.15) is 13.2 Å². The Kier molecular flexibility index (Phi) is 5.15. The zero-order valence-corrected chi connectivity index (χ0v) is 16.0. The smallest absolute Gasteiger partial charge is 0.315 e. The second-order valence-corrected chi connectivity index (χ2v) is 7.89. The molecular weight excluding hydrogens is 397 g/mol. The number of rotatable bonds is 3. The number of imidazole rings is 1. The molecule has 1 aliphatic heterocycles. The summed E-state index contributed by atoms with van der Waals surface area (Å²) in [6.07, 6.45) is -2.36. The van der Waals surface area contributed by atoms with Gasteiger partial charge in [0.05, 0.1) is 21.2 Å². The summed E-state index contributed by atoms with van der Waals surface area (Å²) in [5.41, 5.74) is 1.02. The number of hydrogen-bond acceptors (Lipinski definition) is 4. The van der Waals surface area contributed by atoms with Crippen LogP contribution in [-0.2, 0) is 12.7 Å². The van der Waals surface area contributed by atoms with E-state index in [1.807, 2.05) is 17.5 Å². The number of nitrogens with one attached hydrogen (secondary N) is 1. The van der Waals surface area contributed by atoms with E-state index in [9.17, 15) is 13.2 Å². The summed E-state index contributed by atoms with van der Waals surface area (Å²) >= 11 is 7.70. The van der Waals surface area contributed by atoms with Crippen LogP contribution in [0.3, 0.4) is 0 Å². The molecule has 0 radical (unpaired) electrons. The Labute approximate surface area is 163 Å². The topological polar surface area (TPSA) is 32.6 Å². The summed E-state index contributed by atoms with van der Waals surface area (Å²) in [7, 11) is 0. The van der Waals surface area contributed by atoms with E-state index in [-0.39, 0.29) is 5.02 Å². The van der Waals surface area contributed by atoms with Crippen LogP contribution in [0, 0.1) is 0 Å². The number of aromatic nitrogens is 2. The second kappa shape index (κ2) is 7.43. The van der Waals surface area contributed by atoms with Crippen LogP contribution in [0.2, 0.25) is 5.02 Å². The van der Waals surface area contributed by atoms with E-state index in [0.29, 0.717) is 17.9 Å². The standard InChI is InChI=1S/C18H18ClF3N4S/c19-13-9-12(18(20,21)22)10-26-14(11-25-6-2-4-23-5-7-25)16(24-17(13)26)15-3-1-8-27-15/h1,3,8-10,23H,2,4-7,11H2. The molecule has 0 aliphatic carbocycles. The van der Waals surface area contributed by atoms with Crippen LogP contribution in [0.25, 0.3) is 16.2 Å². The Morgan fingerprint density at radius 3 is 2.85 bits per heavy atom. The molecule has 3 aromatic rings. The molecule has 3 aromatic heterocycles. The Hall–Kier alpha value is -1.61. The lowest BCUT2D eigenvalue weighted by molar-refractivity contribution is -0.137. The minimum absolute atomic E-state index is 0.00594. The third kappa shape index (κ3) is 3.85. The third-order valence-electron chi connectivity index (χ3n) is 4.66. The Bertz CT molecular complexity index is 928. The molecule has 0 unspecified atom stereocenters. The maximum atomic E-state index is 13.3. The maximum Gasteiger partial charge on any atom is 0.417 e. The highest BCUT2D eigenvalue weighted by Crippen LogP contribution is 2.36. The van der Waals surface area contributed by atoms with Gasteiger partial charge >= 0.3 is 6.18 Å². The van der Waals surface area contributed by atoms with Gasteiger partial charge in [0.25, 0.3) is 0 Å². The predicted octanol–water partition coefficient (Wildman–Crippen LogP) is 4.53. The van der Waals surface area contributed by atoms with E-state index in [1.165, 1.54) is 15.7 Å². The molecule has 1 aliphatic rings. The maximum absolute atomic E-state index is 13.3. The van der Waals surface area contributed by atoms with Crippen molar-refractivity contribution >= 4 is 28.6 Å². The minimum Gasteiger partial charge on any atom is -0.315 e. The van der Waals surface area contributed by atoms with Crippen molar-refractivity contribution in [2.75, 3.05) is 26.2 Å². The summed E-state index contributed by atoms with van der Waals surface area (Å²) in [6, 6.07) is 4.78. The monoisotopic (exact) mass is 414 g/mol. The van der Waals surface area contributed by atoms with Crippen LogP contribution in [0.1, 0.15) is 17.7 Å². The molecular formula is C18H18ClF3N4S. The van der Waals surface area contributed by atoms with Crippen LogP contribution in [0.15, 0.2) is 29.8 Å². The van der Waals surface area contributed by atoms with Gasteiger partial charge < -0.3 is 9.72 Å². The van der Waals surface area contributed by atoms with Crippen LogP contribution >= 0.6 is 22.9 Å². The number of fused-ring (bicyclic) bond motifs is 1. The van der Waals surface area contributed by atoms with E-state index >= 15 is 0 Å². The molecule has 0 aromatic carbocycles. The predicted molar refractivity (Wildman–Crippen MR) is 101 cm³/mol. The lowest BCUT2D eigenvalue weighted by Gasteiger charge is -2.20. The van der Waals surface area contributed by atoms with Gasteiger partial charge in [0.2, 0.25) is 0 Å². The van der Waals surface area contributed by atoms with Gasteiger partial charge in [0.1, 0.15) is 5.69 Å². The summed E-state index contributed by atoms with van der Waals surface area (Å²) < 4.78 is 41.4. The van der Waals surface area contributed by atoms with Gasteiger partial charge in [-0.1, -0.05) is 17.7 Å². The lowest BCUT2D eigenvalue weighted by Crippen LogP contribution is -2.28. The molecule has 1 saturated heterocycles. The number of halogens is 4. The van der Waals surface area contributed by atoms with E-state index in [4.69, 9.17) is 11.6 Å². The molecule has 0 spiro atoms. The van der Waals surface area contributed by atoms with Crippen molar-refractivity contribution in [3.05, 3.63) is 46.1 Å². The van der Waals surface area contributed by atoms with Gasteiger partial charge in [0.15, 0.2) is 5.65 Å². The fourth-order valence-electron chi connectivity index (χ4n) is 3.34. The summed E-state index contributed by atoms with van der Waals surface area (Å²) in [4.78, 5) is 7.77. The highest BCUT2D eigenvalue weighted by atomic mass is 35.5. The van der Waals surface area contributed by atoms with Crippen LogP contribution in [0.5, 0.6) is 0 Å². The van der Waals surface area contributed by atoms with Crippen LogP contribution < -0.4 is 5.32 Å². The van der Waals surface area contributed by atoms with Crippen LogP contribution in [0.4, 0.5) is 13.2 Å². The van der Waals surface area contributed by atoms with Gasteiger partial charge in [-0.3, -0.25) is 4.90 Å². The van der Waals surface area contributed by atoms with Crippen molar-refractivity contribution in [3.63, 3.8) is 0 Å². The number of nitrogens with zero attached hydrogens (tertiary/aromatic N) is 3. The first kappa shape index (κ1) is 18.7. The zero-order chi connectivity index (χ0) is 19.0. The van der Waals surface area contributed by atoms with Gasteiger partial charge in [0, 0.05) is 25.8 Å². The first-order chi connectivity index (χ1) is 12.9. The number of alkyl halides is 3. The quantitative estimate of drug-likeness (QED) is 0.683. The molecule has 144 valence electrons. The molecule has 4 heterocycles. The van der Waals surface area contributed by atoms with Crippen molar-refractivity contribution in [3.8, 4) is 10.6 Å². The van der Waals surface area contributed by atoms with Crippen molar-refractivity contribution < 1.29 is 13.2 Å². The van der Waals surface area contributed by atoms with Gasteiger partial charge in [-0.25, -0.2) is 4.98 Å². The largest absolute Gasteiger partial charge is 0.417 e. The first-order valence-electron chi connectivity index (χ1n) is 8.68. The van der Waals surface area contributed by atoms with Crippen molar-refractivity contribution in [1.29, 1.82) is 0 Å². The fraction of sp³-hybridized carbons (Fsp3) is 0.389. The van der Waals surface area contributed by atoms with E-state index in [1.54, 1.807) is 0 Å². The van der Waals surface area contributed by atoms with Gasteiger partial charge in [-0.05, 0) is 37.0 Å². The summed E-state index contributed by atoms with van der Waals surface area (Å²) in [6.45, 7) is 4.06. The third-order valence-corrected chi connectivity index (χ3v) is 5.82. The average Bonchev–Trinajstić information content (AvgIpc) is 3.17. The molecule has 1 N–H and O–H groups in total. The second-order valence-electron chi connectivity index (χ2n) is 6.53. The molecule has 4 nitrogen and oxygen atoms in total. The van der Waals surface area contributed by atoms with E-state index in [2.05, 4.69) is 15.2 Å². The SMILES string of the molecule is FC(F)(F)c1cc(Cl)c2nc(-c3cccs3)c(CN3CCCNCC3)n2c1. The molecule has 4 rings (SSSR count). The molecule has 0 bridgehead atoms. The zero-order valence-electron chi connectivity index (χ0n) is 14.4. The van der Waals surface area contributed by atoms with Crippen molar-refractivity contribution in [1.82, 2.24) is 19.6 Å². The molecule has 27 heavy (non-hydrogen) atoms. The highest BCUT2D eigenvalue weighted by Gasteiger charge is 2.33. The Morgan fingerprint density at radius 2 is 2.11 bits per heavy atom. The fourth-order valence-corrected chi connectivity index (χ4v) is 4.33. The molecule has 0 amide bonds. The minimum atomic E-state index is -4.46. The Morgan fingerprint density at radius 1 is 1.26 bits per heavy atom. The normalized spacial score (nSPS) is 16.7. The summed E-state index contributed by atoms with van der Waals surface area (Å²) in [5, 5.41) is 5.28. The highest BCUT2D eigenvalue weighted by molar-refractivity contribution is 7.13. The van der Waals surface area contributed by atoms with Gasteiger partial charge in [-0.15, -0.1) is 11.3 Å².